The molecule has 0 saturated carbocycles. The van der Waals surface area contributed by atoms with Crippen LogP contribution in [-0.4, -0.2) is 36.5 Å². The number of nitrogens with zero attached hydrogens (tertiary/aromatic N) is 1. The van der Waals surface area contributed by atoms with Gasteiger partial charge in [-0.1, -0.05) is 19.9 Å². The predicted octanol–water partition coefficient (Wildman–Crippen LogP) is 2.72. The third-order valence-electron chi connectivity index (χ3n) is 4.55. The van der Waals surface area contributed by atoms with Crippen molar-refractivity contribution >= 4 is 24.0 Å². The summed E-state index contributed by atoms with van der Waals surface area (Å²) in [5, 5.41) is 2.98. The van der Waals surface area contributed by atoms with E-state index in [-0.39, 0.29) is 29.8 Å². The van der Waals surface area contributed by atoms with Gasteiger partial charge in [0.05, 0.1) is 6.54 Å². The van der Waals surface area contributed by atoms with Crippen molar-refractivity contribution in [2.24, 2.45) is 11.1 Å². The van der Waals surface area contributed by atoms with E-state index in [1.807, 2.05) is 18.2 Å². The number of aryl methyl sites for hydroxylation is 2. The van der Waals surface area contributed by atoms with Crippen LogP contribution >= 0.6 is 12.4 Å². The average molecular weight is 326 g/mol. The second kappa shape index (κ2) is 7.44. The molecule has 0 radical (unpaired) electrons. The predicted molar refractivity (Wildman–Crippen MR) is 94.6 cm³/mol. The van der Waals surface area contributed by atoms with Crippen molar-refractivity contribution in [3.63, 3.8) is 0 Å². The first-order valence-corrected chi connectivity index (χ1v) is 7.63. The van der Waals surface area contributed by atoms with Gasteiger partial charge in [0.2, 0.25) is 5.91 Å². The van der Waals surface area contributed by atoms with Crippen LogP contribution in [0.4, 0.5) is 5.69 Å². The molecule has 1 aromatic carbocycles. The molecule has 1 amide bonds. The highest BCUT2D eigenvalue weighted by molar-refractivity contribution is 5.92. The fourth-order valence-electron chi connectivity index (χ4n) is 2.84. The maximum absolute atomic E-state index is 12.2. The maximum atomic E-state index is 12.2. The number of benzene rings is 1. The Bertz CT molecular complexity index is 531. The number of rotatable bonds is 3. The first-order chi connectivity index (χ1) is 9.78. The summed E-state index contributed by atoms with van der Waals surface area (Å²) in [7, 11) is 0. The number of nitrogens with one attached hydrogen (secondary N) is 1. The molecule has 1 fully saturated rings. The number of anilines is 1. The summed E-state index contributed by atoms with van der Waals surface area (Å²) in [4.78, 5) is 14.4. The SMILES string of the molecule is Cc1ccc(NC(=O)CN2CCC(N)C(C)(C)C2)cc1C.Cl. The van der Waals surface area contributed by atoms with Gasteiger partial charge in [0, 0.05) is 24.8 Å². The molecule has 4 nitrogen and oxygen atoms in total. The second-order valence-corrected chi connectivity index (χ2v) is 6.94. The van der Waals surface area contributed by atoms with Crippen LogP contribution < -0.4 is 11.1 Å². The van der Waals surface area contributed by atoms with E-state index in [4.69, 9.17) is 5.73 Å². The summed E-state index contributed by atoms with van der Waals surface area (Å²) in [5.74, 6) is 0.0459. The van der Waals surface area contributed by atoms with E-state index in [0.29, 0.717) is 6.54 Å². The van der Waals surface area contributed by atoms with Crippen LogP contribution in [0.2, 0.25) is 0 Å². The third kappa shape index (κ3) is 4.70. The minimum absolute atomic E-state index is 0. The van der Waals surface area contributed by atoms with Gasteiger partial charge >= 0.3 is 0 Å². The minimum atomic E-state index is 0. The third-order valence-corrected chi connectivity index (χ3v) is 4.55. The second-order valence-electron chi connectivity index (χ2n) is 6.94. The van der Waals surface area contributed by atoms with Crippen LogP contribution in [-0.2, 0) is 4.79 Å². The quantitative estimate of drug-likeness (QED) is 0.898. The lowest BCUT2D eigenvalue weighted by atomic mass is 9.80. The fourth-order valence-corrected chi connectivity index (χ4v) is 2.84. The van der Waals surface area contributed by atoms with E-state index in [2.05, 4.69) is 37.9 Å². The number of amides is 1. The molecular weight excluding hydrogens is 298 g/mol. The van der Waals surface area contributed by atoms with Crippen molar-refractivity contribution in [3.05, 3.63) is 29.3 Å². The number of carbonyl (C=O) groups is 1. The summed E-state index contributed by atoms with van der Waals surface area (Å²) >= 11 is 0. The molecule has 0 spiro atoms. The zero-order valence-electron chi connectivity index (χ0n) is 14.0. The molecule has 1 atom stereocenters. The van der Waals surface area contributed by atoms with Crippen LogP contribution in [0.1, 0.15) is 31.4 Å². The lowest BCUT2D eigenvalue weighted by Crippen LogP contribution is -2.53. The highest BCUT2D eigenvalue weighted by Gasteiger charge is 2.33. The first kappa shape index (κ1) is 18.9. The van der Waals surface area contributed by atoms with Gasteiger partial charge < -0.3 is 11.1 Å². The molecule has 0 aromatic heterocycles. The molecule has 0 bridgehead atoms. The van der Waals surface area contributed by atoms with Crippen molar-refractivity contribution in [2.45, 2.75) is 40.2 Å². The van der Waals surface area contributed by atoms with E-state index in [0.717, 1.165) is 25.2 Å². The van der Waals surface area contributed by atoms with E-state index >= 15 is 0 Å². The van der Waals surface area contributed by atoms with Crippen LogP contribution in [0.5, 0.6) is 0 Å². The Morgan fingerprint density at radius 2 is 2.05 bits per heavy atom. The van der Waals surface area contributed by atoms with Gasteiger partial charge in [-0.2, -0.15) is 0 Å². The van der Waals surface area contributed by atoms with Gasteiger partial charge in [-0.15, -0.1) is 12.4 Å². The molecule has 3 N–H and O–H groups in total. The van der Waals surface area contributed by atoms with E-state index in [9.17, 15) is 4.79 Å². The van der Waals surface area contributed by atoms with Crippen molar-refractivity contribution in [1.29, 1.82) is 0 Å². The molecule has 1 aliphatic rings. The van der Waals surface area contributed by atoms with Gasteiger partial charge in [-0.05, 0) is 48.9 Å². The highest BCUT2D eigenvalue weighted by atomic mass is 35.5. The monoisotopic (exact) mass is 325 g/mol. The summed E-state index contributed by atoms with van der Waals surface area (Å²) in [6.07, 6.45) is 0.948. The summed E-state index contributed by atoms with van der Waals surface area (Å²) < 4.78 is 0. The molecule has 1 aliphatic heterocycles. The van der Waals surface area contributed by atoms with Gasteiger partial charge in [0.25, 0.3) is 0 Å². The van der Waals surface area contributed by atoms with Crippen LogP contribution in [0, 0.1) is 19.3 Å². The molecule has 1 unspecified atom stereocenters. The summed E-state index contributed by atoms with van der Waals surface area (Å²) in [6, 6.07) is 6.23. The topological polar surface area (TPSA) is 58.4 Å². The van der Waals surface area contributed by atoms with E-state index in [1.165, 1.54) is 11.1 Å². The van der Waals surface area contributed by atoms with Gasteiger partial charge in [0.15, 0.2) is 0 Å². The van der Waals surface area contributed by atoms with E-state index in [1.54, 1.807) is 0 Å². The zero-order valence-corrected chi connectivity index (χ0v) is 14.8. The van der Waals surface area contributed by atoms with Gasteiger partial charge in [-0.3, -0.25) is 9.69 Å². The number of piperidine rings is 1. The number of hydrogen-bond donors (Lipinski definition) is 2. The molecule has 1 aromatic rings. The van der Waals surface area contributed by atoms with Gasteiger partial charge in [0.1, 0.15) is 0 Å². The Hall–Kier alpha value is -1.10. The Balaban J connectivity index is 0.00000242. The Labute approximate surface area is 139 Å². The first-order valence-electron chi connectivity index (χ1n) is 7.63. The molecule has 22 heavy (non-hydrogen) atoms. The molecular formula is C17H28ClN3O. The minimum Gasteiger partial charge on any atom is -0.327 e. The fraction of sp³-hybridized carbons (Fsp3) is 0.588. The van der Waals surface area contributed by atoms with Crippen LogP contribution in [0.3, 0.4) is 0 Å². The molecule has 1 heterocycles. The van der Waals surface area contributed by atoms with Crippen LogP contribution in [0.15, 0.2) is 18.2 Å². The Kier molecular flexibility index (Phi) is 6.41. The molecule has 1 saturated heterocycles. The number of nitrogens with two attached hydrogens (primary N) is 1. The molecule has 124 valence electrons. The smallest absolute Gasteiger partial charge is 0.238 e. The van der Waals surface area contributed by atoms with Crippen molar-refractivity contribution in [2.75, 3.05) is 25.0 Å². The van der Waals surface area contributed by atoms with Gasteiger partial charge in [-0.25, -0.2) is 0 Å². The normalized spacial score (nSPS) is 21.0. The number of carbonyl (C=O) groups excluding carboxylic acids is 1. The standard InChI is InChI=1S/C17H27N3O.ClH/c1-12-5-6-14(9-13(12)2)19-16(21)10-20-8-7-15(18)17(3,4)11-20;/h5-6,9,15H,7-8,10-11,18H2,1-4H3,(H,19,21);1H. The number of hydrogen-bond acceptors (Lipinski definition) is 3. The molecule has 2 rings (SSSR count). The average Bonchev–Trinajstić information content (AvgIpc) is 2.38. The lowest BCUT2D eigenvalue weighted by Gasteiger charge is -2.42. The Morgan fingerprint density at radius 1 is 1.36 bits per heavy atom. The van der Waals surface area contributed by atoms with Crippen molar-refractivity contribution in [1.82, 2.24) is 4.90 Å². The Morgan fingerprint density at radius 3 is 2.64 bits per heavy atom. The summed E-state index contributed by atoms with van der Waals surface area (Å²) in [5.41, 5.74) is 9.50. The summed E-state index contributed by atoms with van der Waals surface area (Å²) in [6.45, 7) is 10.7. The van der Waals surface area contributed by atoms with Crippen molar-refractivity contribution < 1.29 is 4.79 Å². The zero-order chi connectivity index (χ0) is 15.6. The maximum Gasteiger partial charge on any atom is 0.238 e. The number of likely N-dealkylation sites (tertiary alicyclic amines) is 1. The molecule has 0 aliphatic carbocycles. The largest absolute Gasteiger partial charge is 0.327 e. The van der Waals surface area contributed by atoms with Crippen LogP contribution in [0.25, 0.3) is 0 Å². The lowest BCUT2D eigenvalue weighted by molar-refractivity contribution is -0.118. The number of halogens is 1. The highest BCUT2D eigenvalue weighted by Crippen LogP contribution is 2.27. The molecule has 5 heteroatoms. The van der Waals surface area contributed by atoms with Crippen molar-refractivity contribution in [3.8, 4) is 0 Å². The van der Waals surface area contributed by atoms with E-state index < -0.39 is 0 Å².